The van der Waals surface area contributed by atoms with E-state index in [4.69, 9.17) is 4.74 Å². The number of carbonyl (C=O) groups excluding carboxylic acids is 2. The minimum Gasteiger partial charge on any atom is -0.461 e. The van der Waals surface area contributed by atoms with Gasteiger partial charge in [-0.05, 0) is 108 Å². The van der Waals surface area contributed by atoms with Crippen molar-refractivity contribution in [2.45, 2.75) is 125 Å². The number of allylic oxidation sites excluding steroid dienone is 5. The minimum atomic E-state index is -0.658. The maximum atomic E-state index is 12.7. The summed E-state index contributed by atoms with van der Waals surface area (Å²) in [5.74, 6) is 0.742. The van der Waals surface area contributed by atoms with Gasteiger partial charge < -0.3 is 9.84 Å². The average Bonchev–Trinajstić information content (AvgIpc) is 2.77. The van der Waals surface area contributed by atoms with Gasteiger partial charge in [0.15, 0.2) is 0 Å². The van der Waals surface area contributed by atoms with Crippen LogP contribution in [0.5, 0.6) is 0 Å². The average molecular weight is 501 g/mol. The van der Waals surface area contributed by atoms with Crippen LogP contribution in [0.15, 0.2) is 34.9 Å². The van der Waals surface area contributed by atoms with Gasteiger partial charge in [-0.2, -0.15) is 0 Å². The van der Waals surface area contributed by atoms with E-state index in [9.17, 15) is 14.7 Å². The monoisotopic (exact) mass is 500 g/mol. The summed E-state index contributed by atoms with van der Waals surface area (Å²) in [5, 5.41) is 11.4. The van der Waals surface area contributed by atoms with E-state index in [2.05, 4.69) is 52.8 Å². The van der Waals surface area contributed by atoms with Crippen molar-refractivity contribution in [3.8, 4) is 0 Å². The number of hydrogen-bond donors (Lipinski definition) is 1. The van der Waals surface area contributed by atoms with Gasteiger partial charge in [-0.15, -0.1) is 0 Å². The summed E-state index contributed by atoms with van der Waals surface area (Å²) in [7, 11) is 0. The molecule has 2 saturated carbocycles. The lowest BCUT2D eigenvalue weighted by molar-refractivity contribution is -0.177. The standard InChI is InChI=1S/C32H52O4/c1-23(14-10-16-25(3)22-36-26(4)33)12-9-13-24(2)15-11-17-28-31(7)20-19-29(34)30(5,6)27(31)18-21-32(28,8)35/h12,15-16,27-28,35H,9-11,13-14,17-22H2,1-8H3/b23-12+,24-15+,25-16+/t27-,28-,31+,32-/m1/s1. The van der Waals surface area contributed by atoms with Crippen LogP contribution in [-0.4, -0.2) is 29.1 Å². The Morgan fingerprint density at radius 3 is 2.06 bits per heavy atom. The number of Topliss-reactive ketones (excluding diaryl/α,β-unsaturated/α-hetero) is 1. The third-order valence-corrected chi connectivity index (χ3v) is 9.28. The minimum absolute atomic E-state index is 0.0196. The van der Waals surface area contributed by atoms with Crippen LogP contribution in [0, 0.1) is 22.7 Å². The number of fused-ring (bicyclic) bond motifs is 1. The number of hydrogen-bond acceptors (Lipinski definition) is 4. The Labute approximate surface area is 220 Å². The van der Waals surface area contributed by atoms with Gasteiger partial charge in [-0.3, -0.25) is 9.59 Å². The van der Waals surface area contributed by atoms with Crippen LogP contribution in [0.25, 0.3) is 0 Å². The number of ketones is 1. The van der Waals surface area contributed by atoms with E-state index in [1.165, 1.54) is 18.1 Å². The van der Waals surface area contributed by atoms with E-state index in [0.717, 1.165) is 63.4 Å². The first-order valence-corrected chi connectivity index (χ1v) is 14.1. The van der Waals surface area contributed by atoms with Crippen molar-refractivity contribution < 1.29 is 19.4 Å². The molecule has 4 atom stereocenters. The molecule has 4 nitrogen and oxygen atoms in total. The van der Waals surface area contributed by atoms with E-state index in [1.807, 2.05) is 13.8 Å². The topological polar surface area (TPSA) is 63.6 Å². The van der Waals surface area contributed by atoms with Gasteiger partial charge in [-0.25, -0.2) is 0 Å². The number of ether oxygens (including phenoxy) is 1. The summed E-state index contributed by atoms with van der Waals surface area (Å²) >= 11 is 0. The lowest BCUT2D eigenvalue weighted by Crippen LogP contribution is -2.59. The van der Waals surface area contributed by atoms with Gasteiger partial charge in [0.2, 0.25) is 0 Å². The van der Waals surface area contributed by atoms with E-state index < -0.39 is 5.60 Å². The second-order valence-electron chi connectivity index (χ2n) is 12.7. The fourth-order valence-electron chi connectivity index (χ4n) is 7.03. The number of rotatable bonds is 11. The van der Waals surface area contributed by atoms with Gasteiger partial charge >= 0.3 is 5.97 Å². The maximum absolute atomic E-state index is 12.7. The number of esters is 1. The molecule has 4 heteroatoms. The molecule has 2 aliphatic rings. The zero-order valence-corrected chi connectivity index (χ0v) is 24.3. The molecule has 36 heavy (non-hydrogen) atoms. The number of carbonyl (C=O) groups is 2. The van der Waals surface area contributed by atoms with Crippen molar-refractivity contribution in [2.75, 3.05) is 6.61 Å². The molecule has 0 heterocycles. The van der Waals surface area contributed by atoms with E-state index in [1.54, 1.807) is 0 Å². The van der Waals surface area contributed by atoms with Gasteiger partial charge in [-0.1, -0.05) is 50.1 Å². The second-order valence-corrected chi connectivity index (χ2v) is 12.7. The molecule has 0 radical (unpaired) electrons. The Bertz CT molecular complexity index is 873. The highest BCUT2D eigenvalue weighted by atomic mass is 16.5. The molecule has 0 aliphatic heterocycles. The summed E-state index contributed by atoms with van der Waals surface area (Å²) in [5.41, 5.74) is 2.98. The Morgan fingerprint density at radius 1 is 0.917 bits per heavy atom. The first kappa shape index (κ1) is 30.5. The quantitative estimate of drug-likeness (QED) is 0.231. The van der Waals surface area contributed by atoms with Crippen molar-refractivity contribution in [1.82, 2.24) is 0 Å². The van der Waals surface area contributed by atoms with Gasteiger partial charge in [0.25, 0.3) is 0 Å². The molecule has 0 aromatic carbocycles. The summed E-state index contributed by atoms with van der Waals surface area (Å²) in [6.07, 6.45) is 16.2. The zero-order valence-electron chi connectivity index (χ0n) is 24.3. The van der Waals surface area contributed by atoms with Crippen LogP contribution >= 0.6 is 0 Å². The van der Waals surface area contributed by atoms with E-state index in [-0.39, 0.29) is 22.7 Å². The summed E-state index contributed by atoms with van der Waals surface area (Å²) in [6.45, 7) is 16.9. The smallest absolute Gasteiger partial charge is 0.302 e. The Morgan fingerprint density at radius 2 is 1.47 bits per heavy atom. The molecule has 2 fully saturated rings. The summed E-state index contributed by atoms with van der Waals surface area (Å²) < 4.78 is 5.02. The molecule has 204 valence electrons. The molecule has 0 amide bonds. The molecule has 1 N–H and O–H groups in total. The molecule has 0 bridgehead atoms. The van der Waals surface area contributed by atoms with E-state index >= 15 is 0 Å². The fraction of sp³-hybridized carbons (Fsp3) is 0.750. The largest absolute Gasteiger partial charge is 0.461 e. The second kappa shape index (κ2) is 12.7. The summed E-state index contributed by atoms with van der Waals surface area (Å²) in [6, 6.07) is 0. The maximum Gasteiger partial charge on any atom is 0.302 e. The van der Waals surface area contributed by atoms with Crippen LogP contribution in [0.4, 0.5) is 0 Å². The third-order valence-electron chi connectivity index (χ3n) is 9.28. The predicted octanol–water partition coefficient (Wildman–Crippen LogP) is 7.90. The fourth-order valence-corrected chi connectivity index (χ4v) is 7.03. The Hall–Kier alpha value is -1.68. The van der Waals surface area contributed by atoms with Gasteiger partial charge in [0.05, 0.1) is 5.60 Å². The lowest BCUT2D eigenvalue weighted by Gasteiger charge is -2.60. The predicted molar refractivity (Wildman–Crippen MR) is 149 cm³/mol. The SMILES string of the molecule is CC(=O)OC/C(C)=C/CC/C(C)=C/CC/C(C)=C/CC[C@@H]1[C@@]2(C)CCC(=O)C(C)(C)[C@H]2CC[C@@]1(C)O. The van der Waals surface area contributed by atoms with Crippen molar-refractivity contribution >= 4 is 11.8 Å². The first-order chi connectivity index (χ1) is 16.7. The molecule has 2 aliphatic carbocycles. The van der Waals surface area contributed by atoms with Crippen LogP contribution in [0.3, 0.4) is 0 Å². The molecule has 0 unspecified atom stereocenters. The molecule has 0 saturated heterocycles. The Balaban J connectivity index is 1.86. The van der Waals surface area contributed by atoms with Crippen LogP contribution in [-0.2, 0) is 14.3 Å². The molecule has 0 aromatic heterocycles. The van der Waals surface area contributed by atoms with Crippen LogP contribution < -0.4 is 0 Å². The lowest BCUT2D eigenvalue weighted by atomic mass is 9.45. The van der Waals surface area contributed by atoms with Gasteiger partial charge in [0.1, 0.15) is 12.4 Å². The highest BCUT2D eigenvalue weighted by Crippen LogP contribution is 2.62. The van der Waals surface area contributed by atoms with Crippen molar-refractivity contribution in [1.29, 1.82) is 0 Å². The molecule has 0 aromatic rings. The highest BCUT2D eigenvalue weighted by molar-refractivity contribution is 5.85. The van der Waals surface area contributed by atoms with Gasteiger partial charge in [0, 0.05) is 18.8 Å². The summed E-state index contributed by atoms with van der Waals surface area (Å²) in [4.78, 5) is 23.6. The first-order valence-electron chi connectivity index (χ1n) is 14.1. The van der Waals surface area contributed by atoms with Crippen molar-refractivity contribution in [2.24, 2.45) is 22.7 Å². The van der Waals surface area contributed by atoms with E-state index in [0.29, 0.717) is 24.7 Å². The van der Waals surface area contributed by atoms with Crippen molar-refractivity contribution in [3.63, 3.8) is 0 Å². The Kier molecular flexibility index (Phi) is 10.8. The third kappa shape index (κ3) is 7.91. The normalized spacial score (nSPS) is 31.2. The van der Waals surface area contributed by atoms with Crippen molar-refractivity contribution in [3.05, 3.63) is 34.9 Å². The molecule has 2 rings (SSSR count). The number of aliphatic hydroxyl groups is 1. The highest BCUT2D eigenvalue weighted by Gasteiger charge is 2.59. The van der Waals surface area contributed by atoms with Crippen LogP contribution in [0.1, 0.15) is 120 Å². The molecular formula is C32H52O4. The molecular weight excluding hydrogens is 448 g/mol. The molecule has 0 spiro atoms. The zero-order chi connectivity index (χ0) is 27.1. The van der Waals surface area contributed by atoms with Crippen LogP contribution in [0.2, 0.25) is 0 Å².